The number of rotatable bonds is 3. The molecule has 2 heteroatoms. The minimum Gasteiger partial charge on any atom is -0.307 e. The molecule has 2 bridgehead atoms. The third kappa shape index (κ3) is 1.94. The number of hydrogen-bond donors (Lipinski definition) is 1. The summed E-state index contributed by atoms with van der Waals surface area (Å²) in [7, 11) is 0. The SMILES string of the molecule is CC(C)=NNC(C)C1CC2CCC1C2. The van der Waals surface area contributed by atoms with Crippen molar-refractivity contribution in [3.63, 3.8) is 0 Å². The van der Waals surface area contributed by atoms with Crippen molar-refractivity contribution in [3.05, 3.63) is 0 Å². The van der Waals surface area contributed by atoms with E-state index in [2.05, 4.69) is 17.5 Å². The molecule has 2 nitrogen and oxygen atoms in total. The predicted octanol–water partition coefficient (Wildman–Crippen LogP) is 2.80. The summed E-state index contributed by atoms with van der Waals surface area (Å²) < 4.78 is 0. The fraction of sp³-hybridized carbons (Fsp3) is 0.917. The summed E-state index contributed by atoms with van der Waals surface area (Å²) in [6.45, 7) is 6.37. The highest BCUT2D eigenvalue weighted by molar-refractivity contribution is 5.78. The van der Waals surface area contributed by atoms with Crippen LogP contribution in [0.15, 0.2) is 5.10 Å². The van der Waals surface area contributed by atoms with E-state index in [-0.39, 0.29) is 0 Å². The Kier molecular flexibility index (Phi) is 2.80. The highest BCUT2D eigenvalue weighted by Gasteiger charge is 2.41. The van der Waals surface area contributed by atoms with Gasteiger partial charge in [-0.3, -0.25) is 0 Å². The second-order valence-corrected chi connectivity index (χ2v) is 5.32. The zero-order valence-electron chi connectivity index (χ0n) is 9.59. The number of hydrogen-bond acceptors (Lipinski definition) is 2. The molecule has 0 spiro atoms. The Morgan fingerprint density at radius 2 is 2.07 bits per heavy atom. The molecule has 14 heavy (non-hydrogen) atoms. The van der Waals surface area contributed by atoms with Crippen LogP contribution in [0.1, 0.15) is 46.5 Å². The Hall–Kier alpha value is -0.530. The van der Waals surface area contributed by atoms with Crippen LogP contribution in [0.2, 0.25) is 0 Å². The number of nitrogens with one attached hydrogen (secondary N) is 1. The molecule has 2 rings (SSSR count). The molecule has 2 saturated carbocycles. The van der Waals surface area contributed by atoms with E-state index in [1.54, 1.807) is 0 Å². The van der Waals surface area contributed by atoms with E-state index in [1.165, 1.54) is 25.7 Å². The van der Waals surface area contributed by atoms with E-state index in [0.717, 1.165) is 23.5 Å². The largest absolute Gasteiger partial charge is 0.307 e. The fourth-order valence-corrected chi connectivity index (χ4v) is 3.23. The van der Waals surface area contributed by atoms with E-state index in [0.29, 0.717) is 6.04 Å². The topological polar surface area (TPSA) is 24.4 Å². The lowest BCUT2D eigenvalue weighted by Crippen LogP contribution is -2.33. The van der Waals surface area contributed by atoms with Crippen LogP contribution in [0.5, 0.6) is 0 Å². The van der Waals surface area contributed by atoms with Gasteiger partial charge < -0.3 is 5.43 Å². The van der Waals surface area contributed by atoms with E-state index in [9.17, 15) is 0 Å². The first-order valence-electron chi connectivity index (χ1n) is 5.93. The molecule has 0 heterocycles. The molecule has 0 amide bonds. The van der Waals surface area contributed by atoms with Crippen molar-refractivity contribution < 1.29 is 0 Å². The molecule has 0 saturated heterocycles. The summed E-state index contributed by atoms with van der Waals surface area (Å²) in [5.41, 5.74) is 4.42. The third-order valence-corrected chi connectivity index (χ3v) is 3.93. The van der Waals surface area contributed by atoms with Gasteiger partial charge in [-0.25, -0.2) is 0 Å². The van der Waals surface area contributed by atoms with Crippen LogP contribution >= 0.6 is 0 Å². The monoisotopic (exact) mass is 194 g/mol. The molecule has 0 aliphatic heterocycles. The first-order valence-corrected chi connectivity index (χ1v) is 5.93. The quantitative estimate of drug-likeness (QED) is 0.542. The van der Waals surface area contributed by atoms with Crippen LogP contribution in [0.3, 0.4) is 0 Å². The minimum atomic E-state index is 0.570. The molecule has 4 atom stereocenters. The lowest BCUT2D eigenvalue weighted by molar-refractivity contribution is 0.263. The van der Waals surface area contributed by atoms with E-state index in [1.807, 2.05) is 13.8 Å². The van der Waals surface area contributed by atoms with Gasteiger partial charge in [0.15, 0.2) is 0 Å². The van der Waals surface area contributed by atoms with E-state index in [4.69, 9.17) is 0 Å². The maximum atomic E-state index is 4.32. The van der Waals surface area contributed by atoms with E-state index >= 15 is 0 Å². The lowest BCUT2D eigenvalue weighted by atomic mass is 9.84. The van der Waals surface area contributed by atoms with Gasteiger partial charge in [0.05, 0.1) is 0 Å². The van der Waals surface area contributed by atoms with Crippen molar-refractivity contribution in [1.82, 2.24) is 5.43 Å². The Bertz CT molecular complexity index is 230. The van der Waals surface area contributed by atoms with Crippen LogP contribution in [-0.4, -0.2) is 11.8 Å². The summed E-state index contributed by atoms with van der Waals surface area (Å²) in [6, 6.07) is 0.570. The molecule has 4 unspecified atom stereocenters. The van der Waals surface area contributed by atoms with Crippen LogP contribution in [0, 0.1) is 17.8 Å². The Morgan fingerprint density at radius 1 is 1.29 bits per heavy atom. The van der Waals surface area contributed by atoms with Gasteiger partial charge in [0.2, 0.25) is 0 Å². The first kappa shape index (κ1) is 10.0. The van der Waals surface area contributed by atoms with Crippen molar-refractivity contribution in [2.75, 3.05) is 0 Å². The van der Waals surface area contributed by atoms with Crippen LogP contribution in [0.4, 0.5) is 0 Å². The van der Waals surface area contributed by atoms with Crippen molar-refractivity contribution in [2.45, 2.75) is 52.5 Å². The average molecular weight is 194 g/mol. The average Bonchev–Trinajstić information content (AvgIpc) is 2.74. The second kappa shape index (κ2) is 3.92. The second-order valence-electron chi connectivity index (χ2n) is 5.32. The van der Waals surface area contributed by atoms with Gasteiger partial charge in [-0.05, 0) is 57.8 Å². The van der Waals surface area contributed by atoms with Gasteiger partial charge in [0.1, 0.15) is 0 Å². The Morgan fingerprint density at radius 3 is 2.57 bits per heavy atom. The Balaban J connectivity index is 1.86. The van der Waals surface area contributed by atoms with Crippen LogP contribution in [-0.2, 0) is 0 Å². The molecule has 80 valence electrons. The molecule has 0 radical (unpaired) electrons. The fourth-order valence-electron chi connectivity index (χ4n) is 3.23. The predicted molar refractivity (Wildman–Crippen MR) is 60.3 cm³/mol. The summed E-state index contributed by atoms with van der Waals surface area (Å²) in [5.74, 6) is 2.92. The highest BCUT2D eigenvalue weighted by Crippen LogP contribution is 2.49. The molecular weight excluding hydrogens is 172 g/mol. The molecular formula is C12H22N2. The molecule has 2 fully saturated rings. The zero-order chi connectivity index (χ0) is 10.1. The number of fused-ring (bicyclic) bond motifs is 2. The van der Waals surface area contributed by atoms with E-state index < -0.39 is 0 Å². The van der Waals surface area contributed by atoms with Crippen molar-refractivity contribution in [2.24, 2.45) is 22.9 Å². The molecule has 1 N–H and O–H groups in total. The minimum absolute atomic E-state index is 0.570. The summed E-state index contributed by atoms with van der Waals surface area (Å²) >= 11 is 0. The standard InChI is InChI=1S/C12H22N2/c1-8(2)13-14-9(3)12-7-10-4-5-11(12)6-10/h9-12,14H,4-7H2,1-3H3. The van der Waals surface area contributed by atoms with Gasteiger partial charge in [0, 0.05) is 11.8 Å². The van der Waals surface area contributed by atoms with Crippen molar-refractivity contribution in [3.8, 4) is 0 Å². The maximum absolute atomic E-state index is 4.32. The maximum Gasteiger partial charge on any atom is 0.0442 e. The summed E-state index contributed by atoms with van der Waals surface area (Å²) in [5, 5.41) is 4.32. The Labute approximate surface area is 87.2 Å². The molecule has 0 aromatic carbocycles. The summed E-state index contributed by atoms with van der Waals surface area (Å²) in [6.07, 6.45) is 5.89. The normalized spacial score (nSPS) is 36.9. The van der Waals surface area contributed by atoms with Gasteiger partial charge in [-0.2, -0.15) is 5.10 Å². The van der Waals surface area contributed by atoms with Crippen LogP contribution in [0.25, 0.3) is 0 Å². The van der Waals surface area contributed by atoms with Gasteiger partial charge in [0.25, 0.3) is 0 Å². The molecule has 2 aliphatic carbocycles. The lowest BCUT2D eigenvalue weighted by Gasteiger charge is -2.27. The molecule has 2 aliphatic rings. The van der Waals surface area contributed by atoms with Crippen molar-refractivity contribution in [1.29, 1.82) is 0 Å². The van der Waals surface area contributed by atoms with Crippen LogP contribution < -0.4 is 5.43 Å². The number of hydrazone groups is 1. The summed E-state index contributed by atoms with van der Waals surface area (Å²) in [4.78, 5) is 0. The molecule has 0 aromatic heterocycles. The van der Waals surface area contributed by atoms with Crippen molar-refractivity contribution >= 4 is 5.71 Å². The first-order chi connectivity index (χ1) is 6.66. The van der Waals surface area contributed by atoms with Gasteiger partial charge in [-0.1, -0.05) is 6.42 Å². The smallest absolute Gasteiger partial charge is 0.0442 e. The molecule has 0 aromatic rings. The van der Waals surface area contributed by atoms with Gasteiger partial charge in [-0.15, -0.1) is 0 Å². The van der Waals surface area contributed by atoms with Gasteiger partial charge >= 0.3 is 0 Å². The number of nitrogens with zero attached hydrogens (tertiary/aromatic N) is 1. The zero-order valence-corrected chi connectivity index (χ0v) is 9.59. The third-order valence-electron chi connectivity index (χ3n) is 3.93. The highest BCUT2D eigenvalue weighted by atomic mass is 15.3.